The molecule has 1 fully saturated rings. The zero-order chi connectivity index (χ0) is 21.6. The molecule has 3 rings (SSSR count). The number of hydrogen-bond donors (Lipinski definition) is 0. The topological polar surface area (TPSA) is 49.4 Å². The van der Waals surface area contributed by atoms with E-state index in [1.165, 1.54) is 16.7 Å². The van der Waals surface area contributed by atoms with E-state index in [-0.39, 0.29) is 5.41 Å². The van der Waals surface area contributed by atoms with Crippen LogP contribution in [0.25, 0.3) is 0 Å². The largest absolute Gasteiger partial charge is 0.611 e. The number of aryl methyl sites for hydroxylation is 1. The summed E-state index contributed by atoms with van der Waals surface area (Å²) in [5, 5.41) is 0. The predicted octanol–water partition coefficient (Wildman–Crippen LogP) is 5.81. The molecular formula is C26H32O3S. The molecule has 1 aliphatic rings. The van der Waals surface area contributed by atoms with Crippen LogP contribution in [0.5, 0.6) is 0 Å². The van der Waals surface area contributed by atoms with Gasteiger partial charge in [0.05, 0.1) is 6.61 Å². The van der Waals surface area contributed by atoms with E-state index >= 15 is 0 Å². The smallest absolute Gasteiger partial charge is 0.293 e. The molecule has 4 heteroatoms. The molecule has 4 atom stereocenters. The summed E-state index contributed by atoms with van der Waals surface area (Å²) in [6.45, 7) is 9.40. The second-order valence-corrected chi connectivity index (χ2v) is 10.3. The van der Waals surface area contributed by atoms with Gasteiger partial charge in [0.15, 0.2) is 4.90 Å². The highest BCUT2D eigenvalue weighted by atomic mass is 32.2. The second kappa shape index (κ2) is 10.3. The third-order valence-electron chi connectivity index (χ3n) is 6.54. The average Bonchev–Trinajstić information content (AvgIpc) is 2.77. The minimum Gasteiger partial charge on any atom is -0.611 e. The summed E-state index contributed by atoms with van der Waals surface area (Å²) in [7, 11) is 0. The van der Waals surface area contributed by atoms with Crippen LogP contribution in [-0.2, 0) is 20.7 Å². The lowest BCUT2D eigenvalue weighted by Gasteiger charge is -2.45. The Balaban J connectivity index is 1.82. The van der Waals surface area contributed by atoms with Crippen LogP contribution in [0.15, 0.2) is 71.6 Å². The molecule has 0 spiro atoms. The first-order valence-electron chi connectivity index (χ1n) is 10.6. The number of hydrogen-bond acceptors (Lipinski definition) is 3. The molecule has 0 heterocycles. The van der Waals surface area contributed by atoms with E-state index < -0.39 is 11.2 Å². The van der Waals surface area contributed by atoms with E-state index in [9.17, 15) is 9.35 Å². The van der Waals surface area contributed by atoms with Crippen LogP contribution < -0.4 is 0 Å². The standard InChI is InChI=1S/C26H32O3S/c1-20(2)24-13-14-26(18-29-19-27,15-16-30(28)23-7-5-4-6-8-23)17-25(24)22-11-9-21(3)10-12-22/h4-12,19,24-25H,1,13-18H2,2-3H3/t24-,25-,26+,30?/m0/s1. The molecule has 1 unspecified atom stereocenters. The first-order chi connectivity index (χ1) is 14.4. The normalized spacial score (nSPS) is 24.8. The highest BCUT2D eigenvalue weighted by molar-refractivity contribution is 7.91. The van der Waals surface area contributed by atoms with Crippen molar-refractivity contribution in [2.45, 2.75) is 50.3 Å². The van der Waals surface area contributed by atoms with E-state index in [2.05, 4.69) is 44.7 Å². The van der Waals surface area contributed by atoms with Gasteiger partial charge in [0.25, 0.3) is 6.47 Å². The molecule has 30 heavy (non-hydrogen) atoms. The van der Waals surface area contributed by atoms with E-state index in [1.807, 2.05) is 30.3 Å². The number of carbonyl (C=O) groups excluding carboxylic acids is 1. The molecule has 2 aromatic rings. The molecular weight excluding hydrogens is 392 g/mol. The highest BCUT2D eigenvalue weighted by Crippen LogP contribution is 2.51. The SMILES string of the molecule is C=C(C)[C@@H]1CC[C@](CC[S+]([O-])c2ccccc2)(COC=O)C[C@H]1c1ccc(C)cc1. The van der Waals surface area contributed by atoms with E-state index in [0.29, 0.717) is 30.7 Å². The number of allylic oxidation sites excluding steroid dienone is 1. The fraction of sp³-hybridized carbons (Fsp3) is 0.423. The zero-order valence-corrected chi connectivity index (χ0v) is 18.8. The zero-order valence-electron chi connectivity index (χ0n) is 18.0. The number of ether oxygens (including phenoxy) is 1. The van der Waals surface area contributed by atoms with Gasteiger partial charge in [0, 0.05) is 11.8 Å². The van der Waals surface area contributed by atoms with Gasteiger partial charge in [0.1, 0.15) is 5.75 Å². The van der Waals surface area contributed by atoms with Crippen molar-refractivity contribution in [3.05, 3.63) is 77.9 Å². The van der Waals surface area contributed by atoms with Crippen molar-refractivity contribution < 1.29 is 14.1 Å². The first-order valence-corrected chi connectivity index (χ1v) is 12.0. The second-order valence-electron chi connectivity index (χ2n) is 8.73. The Labute approximate surface area is 183 Å². The number of rotatable bonds is 9. The minimum absolute atomic E-state index is 0.160. The monoisotopic (exact) mass is 424 g/mol. The quantitative estimate of drug-likeness (QED) is 0.290. The van der Waals surface area contributed by atoms with Gasteiger partial charge in [-0.25, -0.2) is 0 Å². The summed E-state index contributed by atoms with van der Waals surface area (Å²) >= 11 is -1.05. The van der Waals surface area contributed by atoms with Crippen LogP contribution in [-0.4, -0.2) is 23.4 Å². The molecule has 0 radical (unpaired) electrons. The van der Waals surface area contributed by atoms with Gasteiger partial charge in [-0.1, -0.05) is 60.2 Å². The number of benzene rings is 2. The summed E-state index contributed by atoms with van der Waals surface area (Å²) in [6.07, 6.45) is 3.64. The van der Waals surface area contributed by atoms with Gasteiger partial charge in [0.2, 0.25) is 0 Å². The summed E-state index contributed by atoms with van der Waals surface area (Å²) < 4.78 is 18.2. The van der Waals surface area contributed by atoms with E-state index in [4.69, 9.17) is 4.74 Å². The molecule has 0 N–H and O–H groups in total. The lowest BCUT2D eigenvalue weighted by molar-refractivity contribution is -0.133. The van der Waals surface area contributed by atoms with Gasteiger partial charge in [-0.3, -0.25) is 4.79 Å². The van der Waals surface area contributed by atoms with Crippen molar-refractivity contribution in [2.24, 2.45) is 11.3 Å². The first kappa shape index (κ1) is 22.6. The maximum Gasteiger partial charge on any atom is 0.293 e. The molecule has 1 aliphatic carbocycles. The van der Waals surface area contributed by atoms with Crippen LogP contribution in [0.1, 0.15) is 49.7 Å². The minimum atomic E-state index is -1.05. The van der Waals surface area contributed by atoms with E-state index in [0.717, 1.165) is 30.6 Å². The lowest BCUT2D eigenvalue weighted by Crippen LogP contribution is -2.38. The Kier molecular flexibility index (Phi) is 7.79. The third-order valence-corrected chi connectivity index (χ3v) is 7.92. The Hall–Kier alpha value is -2.04. The van der Waals surface area contributed by atoms with Crippen LogP contribution in [0.3, 0.4) is 0 Å². The maximum absolute atomic E-state index is 12.9. The predicted molar refractivity (Wildman–Crippen MR) is 123 cm³/mol. The molecule has 0 aliphatic heterocycles. The lowest BCUT2D eigenvalue weighted by atomic mass is 9.61. The molecule has 0 bridgehead atoms. The molecule has 1 saturated carbocycles. The molecule has 3 nitrogen and oxygen atoms in total. The summed E-state index contributed by atoms with van der Waals surface area (Å²) in [6, 6.07) is 18.4. The molecule has 0 aromatic heterocycles. The van der Waals surface area contributed by atoms with Gasteiger partial charge in [-0.2, -0.15) is 0 Å². The summed E-state index contributed by atoms with van der Waals surface area (Å²) in [5.74, 6) is 1.32. The Morgan fingerprint density at radius 3 is 2.57 bits per heavy atom. The van der Waals surface area contributed by atoms with Crippen molar-refractivity contribution in [2.75, 3.05) is 12.4 Å². The average molecular weight is 425 g/mol. The Bertz CT molecular complexity index is 833. The fourth-order valence-electron chi connectivity index (χ4n) is 4.77. The van der Waals surface area contributed by atoms with Crippen LogP contribution in [0.4, 0.5) is 0 Å². The summed E-state index contributed by atoms with van der Waals surface area (Å²) in [4.78, 5) is 11.9. The molecule has 160 valence electrons. The van der Waals surface area contributed by atoms with Crippen molar-refractivity contribution in [1.82, 2.24) is 0 Å². The molecule has 0 amide bonds. The fourth-order valence-corrected chi connectivity index (χ4v) is 6.08. The van der Waals surface area contributed by atoms with Gasteiger partial charge >= 0.3 is 0 Å². The van der Waals surface area contributed by atoms with Crippen LogP contribution in [0.2, 0.25) is 0 Å². The van der Waals surface area contributed by atoms with E-state index in [1.54, 1.807) is 0 Å². The summed E-state index contributed by atoms with van der Waals surface area (Å²) in [5.41, 5.74) is 3.61. The Morgan fingerprint density at radius 1 is 1.23 bits per heavy atom. The van der Waals surface area contributed by atoms with Crippen molar-refractivity contribution in [1.29, 1.82) is 0 Å². The van der Waals surface area contributed by atoms with Crippen molar-refractivity contribution in [3.63, 3.8) is 0 Å². The van der Waals surface area contributed by atoms with Gasteiger partial charge < -0.3 is 9.29 Å². The molecule has 2 aromatic carbocycles. The molecule has 0 saturated heterocycles. The highest BCUT2D eigenvalue weighted by Gasteiger charge is 2.43. The maximum atomic E-state index is 12.9. The Morgan fingerprint density at radius 2 is 1.93 bits per heavy atom. The number of carbonyl (C=O) groups is 1. The van der Waals surface area contributed by atoms with Crippen LogP contribution >= 0.6 is 0 Å². The third kappa shape index (κ3) is 5.55. The van der Waals surface area contributed by atoms with Gasteiger partial charge in [-0.15, -0.1) is 0 Å². The van der Waals surface area contributed by atoms with Crippen molar-refractivity contribution >= 4 is 17.6 Å². The van der Waals surface area contributed by atoms with Crippen LogP contribution in [0, 0.1) is 18.3 Å². The van der Waals surface area contributed by atoms with Gasteiger partial charge in [-0.05, 0) is 73.8 Å². The van der Waals surface area contributed by atoms with Crippen molar-refractivity contribution in [3.8, 4) is 0 Å².